The Morgan fingerprint density at radius 1 is 1.24 bits per heavy atom. The molecule has 2 rings (SSSR count). The van der Waals surface area contributed by atoms with Crippen molar-refractivity contribution in [3.63, 3.8) is 0 Å². The second-order valence-corrected chi connectivity index (χ2v) is 7.39. The Bertz CT molecular complexity index is 661. The molecule has 0 amide bonds. The van der Waals surface area contributed by atoms with Crippen LogP contribution in [0.4, 0.5) is 4.39 Å². The summed E-state index contributed by atoms with van der Waals surface area (Å²) in [5, 5.41) is 8.68. The van der Waals surface area contributed by atoms with Gasteiger partial charge in [0.15, 0.2) is 9.84 Å². The van der Waals surface area contributed by atoms with E-state index in [1.165, 1.54) is 12.1 Å². The van der Waals surface area contributed by atoms with Crippen LogP contribution in [0.25, 0.3) is 0 Å². The normalized spacial score (nSPS) is 18.6. The zero-order valence-corrected chi connectivity index (χ0v) is 12.5. The van der Waals surface area contributed by atoms with Crippen LogP contribution in [0.5, 0.6) is 0 Å². The third-order valence-electron chi connectivity index (χ3n) is 3.32. The van der Waals surface area contributed by atoms with E-state index in [0.717, 1.165) is 5.56 Å². The molecule has 1 heterocycles. The van der Waals surface area contributed by atoms with Crippen LogP contribution in [-0.2, 0) is 16.4 Å². The predicted octanol–water partition coefficient (Wildman–Crippen LogP) is 0.790. The van der Waals surface area contributed by atoms with Crippen molar-refractivity contribution < 1.29 is 17.9 Å². The molecule has 1 aromatic carbocycles. The molecule has 6 heteroatoms. The molecule has 4 nitrogen and oxygen atoms in total. The Morgan fingerprint density at radius 3 is 2.81 bits per heavy atom. The van der Waals surface area contributed by atoms with Gasteiger partial charge in [0.25, 0.3) is 0 Å². The van der Waals surface area contributed by atoms with Gasteiger partial charge in [0, 0.05) is 18.7 Å². The van der Waals surface area contributed by atoms with Crippen LogP contribution in [-0.4, -0.2) is 49.6 Å². The molecular weight excluding hydrogens is 293 g/mol. The number of halogens is 1. The Morgan fingerprint density at radius 2 is 2.05 bits per heavy atom. The predicted molar refractivity (Wildman–Crippen MR) is 78.9 cm³/mol. The maximum Gasteiger partial charge on any atom is 0.151 e. The number of hydrogen-bond donors (Lipinski definition) is 1. The van der Waals surface area contributed by atoms with E-state index in [1.807, 2.05) is 4.90 Å². The molecule has 1 aromatic rings. The summed E-state index contributed by atoms with van der Waals surface area (Å²) in [6.07, 6.45) is 0.606. The Labute approximate surface area is 124 Å². The summed E-state index contributed by atoms with van der Waals surface area (Å²) in [6.45, 7) is 1.39. The minimum absolute atomic E-state index is 0.152. The van der Waals surface area contributed by atoms with Crippen LogP contribution in [0.15, 0.2) is 18.2 Å². The van der Waals surface area contributed by atoms with Crippen LogP contribution >= 0.6 is 0 Å². The average Bonchev–Trinajstić information content (AvgIpc) is 2.57. The molecule has 0 aromatic heterocycles. The molecule has 114 valence electrons. The molecule has 1 N–H and O–H groups in total. The van der Waals surface area contributed by atoms with Crippen molar-refractivity contribution in [2.24, 2.45) is 0 Å². The van der Waals surface area contributed by atoms with Crippen LogP contribution in [0, 0.1) is 17.7 Å². The highest BCUT2D eigenvalue weighted by Gasteiger charge is 2.19. The summed E-state index contributed by atoms with van der Waals surface area (Å²) in [5.41, 5.74) is 1.28. The van der Waals surface area contributed by atoms with E-state index < -0.39 is 9.84 Å². The molecule has 0 aliphatic carbocycles. The zero-order valence-electron chi connectivity index (χ0n) is 11.7. The Hall–Kier alpha value is -1.42. The van der Waals surface area contributed by atoms with E-state index in [2.05, 4.69) is 11.8 Å². The molecule has 0 spiro atoms. The smallest absolute Gasteiger partial charge is 0.151 e. The summed E-state index contributed by atoms with van der Waals surface area (Å²) in [6, 6.07) is 4.52. The summed E-state index contributed by atoms with van der Waals surface area (Å²) in [7, 11) is -2.94. The third-order valence-corrected chi connectivity index (χ3v) is 5.04. The molecule has 0 radical (unpaired) electrons. The summed E-state index contributed by atoms with van der Waals surface area (Å²) in [5.74, 6) is 5.17. The Balaban J connectivity index is 2.10. The van der Waals surface area contributed by atoms with Crippen molar-refractivity contribution in [3.8, 4) is 11.8 Å². The van der Waals surface area contributed by atoms with E-state index in [4.69, 9.17) is 5.11 Å². The molecule has 1 saturated heterocycles. The van der Waals surface area contributed by atoms with Crippen molar-refractivity contribution in [1.82, 2.24) is 4.90 Å². The molecule has 1 fully saturated rings. The molecule has 0 atom stereocenters. The van der Waals surface area contributed by atoms with Crippen molar-refractivity contribution in [3.05, 3.63) is 35.1 Å². The minimum Gasteiger partial charge on any atom is -0.384 e. The molecule has 0 saturated carbocycles. The SMILES string of the molecule is O=S1(=O)CCCN(Cc2cc(F)cc(C#CCO)c2)CC1. The van der Waals surface area contributed by atoms with Gasteiger partial charge in [-0.1, -0.05) is 11.8 Å². The quantitative estimate of drug-likeness (QED) is 0.821. The minimum atomic E-state index is -2.94. The summed E-state index contributed by atoms with van der Waals surface area (Å²) < 4.78 is 36.7. The lowest BCUT2D eigenvalue weighted by molar-refractivity contribution is 0.287. The summed E-state index contributed by atoms with van der Waals surface area (Å²) >= 11 is 0. The van der Waals surface area contributed by atoms with Gasteiger partial charge in [0.1, 0.15) is 12.4 Å². The topological polar surface area (TPSA) is 57.6 Å². The fraction of sp³-hybridized carbons (Fsp3) is 0.467. The first kappa shape index (κ1) is 16.0. The first-order valence-corrected chi connectivity index (χ1v) is 8.63. The number of sulfone groups is 1. The van der Waals surface area contributed by atoms with Crippen LogP contribution in [0.2, 0.25) is 0 Å². The molecular formula is C15H18FNO3S. The monoisotopic (exact) mass is 311 g/mol. The molecule has 0 unspecified atom stereocenters. The first-order chi connectivity index (χ1) is 9.98. The number of aliphatic hydroxyl groups excluding tert-OH is 1. The molecule has 1 aliphatic heterocycles. The second kappa shape index (κ2) is 7.03. The van der Waals surface area contributed by atoms with Gasteiger partial charge in [0.05, 0.1) is 11.5 Å². The van der Waals surface area contributed by atoms with Crippen molar-refractivity contribution in [2.45, 2.75) is 13.0 Å². The number of hydrogen-bond acceptors (Lipinski definition) is 4. The van der Waals surface area contributed by atoms with Crippen molar-refractivity contribution in [1.29, 1.82) is 0 Å². The van der Waals surface area contributed by atoms with Gasteiger partial charge in [-0.25, -0.2) is 12.8 Å². The lowest BCUT2D eigenvalue weighted by atomic mass is 10.1. The highest BCUT2D eigenvalue weighted by molar-refractivity contribution is 7.91. The maximum absolute atomic E-state index is 13.6. The van der Waals surface area contributed by atoms with E-state index in [0.29, 0.717) is 31.6 Å². The lowest BCUT2D eigenvalue weighted by Crippen LogP contribution is -2.26. The number of rotatable bonds is 2. The van der Waals surface area contributed by atoms with E-state index in [1.54, 1.807) is 6.07 Å². The van der Waals surface area contributed by atoms with Crippen LogP contribution in [0.1, 0.15) is 17.5 Å². The van der Waals surface area contributed by atoms with E-state index in [9.17, 15) is 12.8 Å². The molecule has 0 bridgehead atoms. The number of benzene rings is 1. The van der Waals surface area contributed by atoms with Gasteiger partial charge in [-0.3, -0.25) is 4.90 Å². The molecule has 1 aliphatic rings. The molecule has 21 heavy (non-hydrogen) atoms. The Kier molecular flexibility index (Phi) is 5.34. The number of aliphatic hydroxyl groups is 1. The highest BCUT2D eigenvalue weighted by Crippen LogP contribution is 2.13. The maximum atomic E-state index is 13.6. The average molecular weight is 311 g/mol. The van der Waals surface area contributed by atoms with Gasteiger partial charge in [-0.05, 0) is 36.7 Å². The van der Waals surface area contributed by atoms with Crippen molar-refractivity contribution >= 4 is 9.84 Å². The largest absolute Gasteiger partial charge is 0.384 e. The van der Waals surface area contributed by atoms with Gasteiger partial charge >= 0.3 is 0 Å². The van der Waals surface area contributed by atoms with Crippen molar-refractivity contribution in [2.75, 3.05) is 31.2 Å². The zero-order chi connectivity index (χ0) is 15.3. The van der Waals surface area contributed by atoms with E-state index in [-0.39, 0.29) is 23.9 Å². The van der Waals surface area contributed by atoms with Gasteiger partial charge < -0.3 is 5.11 Å². The second-order valence-electron chi connectivity index (χ2n) is 5.09. The van der Waals surface area contributed by atoms with Gasteiger partial charge in [-0.2, -0.15) is 0 Å². The first-order valence-electron chi connectivity index (χ1n) is 6.80. The summed E-state index contributed by atoms with van der Waals surface area (Å²) in [4.78, 5) is 2.02. The highest BCUT2D eigenvalue weighted by atomic mass is 32.2. The third kappa shape index (κ3) is 5.12. The van der Waals surface area contributed by atoms with Gasteiger partial charge in [-0.15, -0.1) is 0 Å². The number of nitrogens with zero attached hydrogens (tertiary/aromatic N) is 1. The fourth-order valence-electron chi connectivity index (χ4n) is 2.36. The lowest BCUT2D eigenvalue weighted by Gasteiger charge is -2.19. The van der Waals surface area contributed by atoms with Crippen LogP contribution in [0.3, 0.4) is 0 Å². The fourth-order valence-corrected chi connectivity index (χ4v) is 3.67. The van der Waals surface area contributed by atoms with Crippen LogP contribution < -0.4 is 0 Å². The standard InChI is InChI=1S/C15H18FNO3S/c16-15-10-13(3-1-6-18)9-14(11-15)12-17-4-2-7-21(19,20)8-5-17/h9-11,18H,2,4-8,12H2. The van der Waals surface area contributed by atoms with Gasteiger partial charge in [0.2, 0.25) is 0 Å². The van der Waals surface area contributed by atoms with E-state index >= 15 is 0 Å².